The number of aromatic nitrogens is 2. The summed E-state index contributed by atoms with van der Waals surface area (Å²) in [6.07, 6.45) is 0.656. The van der Waals surface area contributed by atoms with E-state index in [2.05, 4.69) is 15.7 Å². The molecule has 0 spiro atoms. The number of benzene rings is 2. The van der Waals surface area contributed by atoms with Gasteiger partial charge in [-0.3, -0.25) is 9.59 Å². The number of anilines is 2. The van der Waals surface area contributed by atoms with Gasteiger partial charge < -0.3 is 20.1 Å². The zero-order valence-corrected chi connectivity index (χ0v) is 19.5. The number of amides is 2. The highest BCUT2D eigenvalue weighted by molar-refractivity contribution is 6.04. The van der Waals surface area contributed by atoms with E-state index in [0.717, 1.165) is 33.6 Å². The summed E-state index contributed by atoms with van der Waals surface area (Å²) in [5, 5.41) is 10.5. The van der Waals surface area contributed by atoms with Crippen molar-refractivity contribution in [2.75, 3.05) is 24.9 Å². The smallest absolute Gasteiger partial charge is 0.251 e. The summed E-state index contributed by atoms with van der Waals surface area (Å²) in [7, 11) is 3.16. The van der Waals surface area contributed by atoms with Gasteiger partial charge in [-0.05, 0) is 49.6 Å². The average molecular weight is 449 g/mol. The van der Waals surface area contributed by atoms with Gasteiger partial charge in [0.2, 0.25) is 5.91 Å². The van der Waals surface area contributed by atoms with Crippen LogP contribution in [0.4, 0.5) is 11.5 Å². The Morgan fingerprint density at radius 3 is 2.55 bits per heavy atom. The minimum atomic E-state index is -0.718. The molecule has 0 fully saturated rings. The summed E-state index contributed by atoms with van der Waals surface area (Å²) >= 11 is 0. The zero-order chi connectivity index (χ0) is 23.7. The Balaban J connectivity index is 1.64. The number of hydrogen-bond acceptors (Lipinski definition) is 5. The molecule has 0 radical (unpaired) electrons. The van der Waals surface area contributed by atoms with Gasteiger partial charge in [-0.15, -0.1) is 0 Å². The third-order valence-electron chi connectivity index (χ3n) is 5.86. The van der Waals surface area contributed by atoms with Crippen molar-refractivity contribution in [2.24, 2.45) is 0 Å². The van der Waals surface area contributed by atoms with E-state index in [1.807, 2.05) is 57.2 Å². The Labute approximate surface area is 192 Å². The van der Waals surface area contributed by atoms with Crippen LogP contribution in [0.15, 0.2) is 36.4 Å². The summed E-state index contributed by atoms with van der Waals surface area (Å²) in [4.78, 5) is 25.6. The molecule has 1 aliphatic heterocycles. The third-order valence-corrected chi connectivity index (χ3v) is 5.86. The molecular formula is C25H28N4O4. The number of carbonyl (C=O) groups is 2. The maximum Gasteiger partial charge on any atom is 0.251 e. The fourth-order valence-electron chi connectivity index (χ4n) is 4.19. The summed E-state index contributed by atoms with van der Waals surface area (Å²) in [6, 6.07) is 10.7. The Bertz CT molecular complexity index is 1230. The van der Waals surface area contributed by atoms with Gasteiger partial charge in [-0.25, -0.2) is 4.68 Å². The predicted octanol–water partition coefficient (Wildman–Crippen LogP) is 4.27. The minimum Gasteiger partial charge on any atom is -0.493 e. The van der Waals surface area contributed by atoms with Crippen LogP contribution in [0.2, 0.25) is 0 Å². The quantitative estimate of drug-likeness (QED) is 0.563. The third kappa shape index (κ3) is 4.16. The molecule has 2 heterocycles. The lowest BCUT2D eigenvalue weighted by Gasteiger charge is -2.12. The Hall–Kier alpha value is -3.81. The van der Waals surface area contributed by atoms with E-state index in [4.69, 9.17) is 9.47 Å². The van der Waals surface area contributed by atoms with E-state index in [0.29, 0.717) is 23.7 Å². The van der Waals surface area contributed by atoms with Crippen LogP contribution in [0.5, 0.6) is 11.5 Å². The van der Waals surface area contributed by atoms with Gasteiger partial charge in [0.1, 0.15) is 11.9 Å². The van der Waals surface area contributed by atoms with Crippen molar-refractivity contribution in [1.29, 1.82) is 0 Å². The molecule has 1 atom stereocenters. The lowest BCUT2D eigenvalue weighted by molar-refractivity contribution is -0.123. The van der Waals surface area contributed by atoms with E-state index in [-0.39, 0.29) is 18.2 Å². The molecule has 33 heavy (non-hydrogen) atoms. The van der Waals surface area contributed by atoms with Gasteiger partial charge in [-0.2, -0.15) is 5.10 Å². The second kappa shape index (κ2) is 8.97. The van der Waals surface area contributed by atoms with Crippen LogP contribution < -0.4 is 20.1 Å². The molecule has 4 rings (SSSR count). The van der Waals surface area contributed by atoms with E-state index in [1.54, 1.807) is 18.9 Å². The Morgan fingerprint density at radius 1 is 1.12 bits per heavy atom. The van der Waals surface area contributed by atoms with Crippen molar-refractivity contribution in [1.82, 2.24) is 9.78 Å². The van der Waals surface area contributed by atoms with Gasteiger partial charge >= 0.3 is 0 Å². The molecular weight excluding hydrogens is 420 g/mol. The first-order valence-electron chi connectivity index (χ1n) is 10.9. The van der Waals surface area contributed by atoms with Crippen molar-refractivity contribution in [3.63, 3.8) is 0 Å². The van der Waals surface area contributed by atoms with Crippen molar-refractivity contribution >= 4 is 23.3 Å². The topological polar surface area (TPSA) is 94.5 Å². The maximum absolute atomic E-state index is 12.8. The first-order chi connectivity index (χ1) is 15.9. The fourth-order valence-corrected chi connectivity index (χ4v) is 4.19. The van der Waals surface area contributed by atoms with Crippen molar-refractivity contribution in [2.45, 2.75) is 39.7 Å². The first kappa shape index (κ1) is 22.4. The standard InChI is InChI=1S/C25H28N4O4/c1-6-17-23(16-8-10-20(32-4)21(12-16)33-5)24-27-25(31)19(29(24)28-17)13-22(30)26-18-9-7-14(2)11-15(18)3/h7-12,19H,6,13H2,1-5H3,(H,26,30)(H,27,31). The van der Waals surface area contributed by atoms with Crippen LogP contribution in [-0.4, -0.2) is 35.8 Å². The van der Waals surface area contributed by atoms with Crippen LogP contribution in [0.25, 0.3) is 11.1 Å². The van der Waals surface area contributed by atoms with Gasteiger partial charge in [0, 0.05) is 11.3 Å². The van der Waals surface area contributed by atoms with E-state index in [1.165, 1.54) is 0 Å². The number of carbonyl (C=O) groups excluding carboxylic acids is 2. The average Bonchev–Trinajstić information content (AvgIpc) is 3.30. The largest absolute Gasteiger partial charge is 0.493 e. The van der Waals surface area contributed by atoms with Crippen LogP contribution >= 0.6 is 0 Å². The van der Waals surface area contributed by atoms with Crippen LogP contribution in [-0.2, 0) is 16.0 Å². The molecule has 1 unspecified atom stereocenters. The number of hydrogen-bond donors (Lipinski definition) is 2. The Kier molecular flexibility index (Phi) is 6.09. The number of nitrogens with zero attached hydrogens (tertiary/aromatic N) is 2. The molecule has 172 valence electrons. The van der Waals surface area contributed by atoms with Crippen LogP contribution in [0.1, 0.15) is 36.2 Å². The Morgan fingerprint density at radius 2 is 1.88 bits per heavy atom. The van der Waals surface area contributed by atoms with Crippen LogP contribution in [0, 0.1) is 13.8 Å². The monoisotopic (exact) mass is 448 g/mol. The predicted molar refractivity (Wildman–Crippen MR) is 127 cm³/mol. The molecule has 1 aromatic heterocycles. The molecule has 8 nitrogen and oxygen atoms in total. The number of nitrogens with one attached hydrogen (secondary N) is 2. The number of ether oxygens (including phenoxy) is 2. The first-order valence-corrected chi connectivity index (χ1v) is 10.9. The molecule has 2 N–H and O–H groups in total. The summed E-state index contributed by atoms with van der Waals surface area (Å²) < 4.78 is 12.4. The van der Waals surface area contributed by atoms with Crippen molar-refractivity contribution in [3.8, 4) is 22.6 Å². The fraction of sp³-hybridized carbons (Fsp3) is 0.320. The van der Waals surface area contributed by atoms with E-state index in [9.17, 15) is 9.59 Å². The molecule has 8 heteroatoms. The highest BCUT2D eigenvalue weighted by Crippen LogP contribution is 2.41. The molecule has 2 aromatic carbocycles. The summed E-state index contributed by atoms with van der Waals surface area (Å²) in [5.74, 6) is 1.31. The lowest BCUT2D eigenvalue weighted by atomic mass is 10.0. The molecule has 0 saturated carbocycles. The minimum absolute atomic E-state index is 0.0115. The van der Waals surface area contributed by atoms with E-state index >= 15 is 0 Å². The number of fused-ring (bicyclic) bond motifs is 1. The van der Waals surface area contributed by atoms with Gasteiger partial charge in [0.15, 0.2) is 11.5 Å². The van der Waals surface area contributed by atoms with Gasteiger partial charge in [0.05, 0.1) is 26.3 Å². The normalized spacial score (nSPS) is 14.6. The summed E-state index contributed by atoms with van der Waals surface area (Å²) in [6.45, 7) is 5.95. The number of methoxy groups -OCH3 is 2. The molecule has 2 amide bonds. The molecule has 1 aliphatic rings. The van der Waals surface area contributed by atoms with E-state index < -0.39 is 6.04 Å². The van der Waals surface area contributed by atoms with Gasteiger partial charge in [-0.1, -0.05) is 30.7 Å². The highest BCUT2D eigenvalue weighted by Gasteiger charge is 2.37. The maximum atomic E-state index is 12.8. The second-order valence-corrected chi connectivity index (χ2v) is 8.11. The van der Waals surface area contributed by atoms with Crippen molar-refractivity contribution < 1.29 is 19.1 Å². The number of aryl methyl sites for hydroxylation is 3. The van der Waals surface area contributed by atoms with Crippen molar-refractivity contribution in [3.05, 3.63) is 53.2 Å². The molecule has 0 saturated heterocycles. The van der Waals surface area contributed by atoms with Crippen LogP contribution in [0.3, 0.4) is 0 Å². The van der Waals surface area contributed by atoms with Gasteiger partial charge in [0.25, 0.3) is 5.91 Å². The molecule has 0 aliphatic carbocycles. The zero-order valence-electron chi connectivity index (χ0n) is 19.5. The number of rotatable bonds is 7. The lowest BCUT2D eigenvalue weighted by Crippen LogP contribution is -2.24. The highest BCUT2D eigenvalue weighted by atomic mass is 16.5. The second-order valence-electron chi connectivity index (χ2n) is 8.11. The molecule has 3 aromatic rings. The summed E-state index contributed by atoms with van der Waals surface area (Å²) in [5.41, 5.74) is 5.34. The SMILES string of the molecule is CCc1nn2c(c1-c1ccc(OC)c(OC)c1)NC(=O)C2CC(=O)Nc1ccc(C)cc1C. The molecule has 0 bridgehead atoms.